The van der Waals surface area contributed by atoms with Crippen molar-refractivity contribution >= 4 is 0 Å². The second-order valence-corrected chi connectivity index (χ2v) is 5.13. The molecule has 0 heterocycles. The highest BCUT2D eigenvalue weighted by Crippen LogP contribution is 2.60. The number of allylic oxidation sites excluding steroid dienone is 7. The molecular weight excluding hydrogens is 196 g/mol. The Morgan fingerprint density at radius 1 is 1.12 bits per heavy atom. The van der Waals surface area contributed by atoms with E-state index < -0.39 is 0 Å². The number of rotatable bonds is 2. The van der Waals surface area contributed by atoms with Crippen LogP contribution in [0.1, 0.15) is 32.1 Å². The van der Waals surface area contributed by atoms with Gasteiger partial charge < -0.3 is 5.11 Å². The third-order valence-electron chi connectivity index (χ3n) is 4.15. The fourth-order valence-electron chi connectivity index (χ4n) is 3.01. The molecule has 3 aliphatic rings. The normalized spacial score (nSPS) is 30.9. The Hall–Kier alpha value is -1.24. The lowest BCUT2D eigenvalue weighted by Gasteiger charge is -2.27. The van der Waals surface area contributed by atoms with Gasteiger partial charge in [0, 0.05) is 5.41 Å². The van der Waals surface area contributed by atoms with E-state index >= 15 is 0 Å². The standard InChI is InChI=1S/C15H18O/c16-14-8-6-13(7-9-14)15(10-11-15)12-4-2-1-3-5-12/h2,4-6,8-9,13,16H,1,3,7,10-11H2. The van der Waals surface area contributed by atoms with Crippen molar-refractivity contribution in [1.29, 1.82) is 0 Å². The first-order chi connectivity index (χ1) is 7.81. The van der Waals surface area contributed by atoms with Gasteiger partial charge in [0.05, 0.1) is 0 Å². The van der Waals surface area contributed by atoms with E-state index in [-0.39, 0.29) is 0 Å². The van der Waals surface area contributed by atoms with Crippen LogP contribution < -0.4 is 0 Å². The van der Waals surface area contributed by atoms with Crippen LogP contribution in [0.25, 0.3) is 0 Å². The van der Waals surface area contributed by atoms with Crippen LogP contribution in [-0.2, 0) is 0 Å². The van der Waals surface area contributed by atoms with Crippen molar-refractivity contribution in [2.45, 2.75) is 32.1 Å². The zero-order chi connectivity index (χ0) is 11.0. The number of hydrogen-bond acceptors (Lipinski definition) is 1. The molecule has 1 atom stereocenters. The zero-order valence-corrected chi connectivity index (χ0v) is 9.52. The molecule has 16 heavy (non-hydrogen) atoms. The van der Waals surface area contributed by atoms with Gasteiger partial charge in [0.2, 0.25) is 0 Å². The summed E-state index contributed by atoms with van der Waals surface area (Å²) in [6.45, 7) is 0. The SMILES string of the molecule is OC1=CCC(C2(C3=CCCC=C3)CC2)C=C1. The molecule has 1 unspecified atom stereocenters. The Morgan fingerprint density at radius 3 is 2.56 bits per heavy atom. The molecule has 0 spiro atoms. The van der Waals surface area contributed by atoms with Gasteiger partial charge >= 0.3 is 0 Å². The van der Waals surface area contributed by atoms with Gasteiger partial charge in [-0.25, -0.2) is 0 Å². The molecule has 3 rings (SSSR count). The predicted molar refractivity (Wildman–Crippen MR) is 66.1 cm³/mol. The molecule has 0 saturated heterocycles. The van der Waals surface area contributed by atoms with Gasteiger partial charge in [-0.3, -0.25) is 0 Å². The van der Waals surface area contributed by atoms with Gasteiger partial charge in [-0.05, 0) is 55.7 Å². The molecule has 84 valence electrons. The third kappa shape index (κ3) is 1.55. The van der Waals surface area contributed by atoms with E-state index in [2.05, 4.69) is 24.3 Å². The minimum Gasteiger partial charge on any atom is -0.508 e. The smallest absolute Gasteiger partial charge is 0.111 e. The van der Waals surface area contributed by atoms with E-state index in [1.807, 2.05) is 12.2 Å². The molecule has 0 radical (unpaired) electrons. The lowest BCUT2D eigenvalue weighted by molar-refractivity contribution is 0.394. The fourth-order valence-corrected chi connectivity index (χ4v) is 3.01. The van der Waals surface area contributed by atoms with Gasteiger partial charge in [0.1, 0.15) is 5.76 Å². The van der Waals surface area contributed by atoms with Gasteiger partial charge in [-0.15, -0.1) is 0 Å². The molecule has 1 fully saturated rings. The first-order valence-electron chi connectivity index (χ1n) is 6.26. The van der Waals surface area contributed by atoms with Crippen LogP contribution in [0.15, 0.2) is 47.8 Å². The number of hydrogen-bond donors (Lipinski definition) is 1. The summed E-state index contributed by atoms with van der Waals surface area (Å²) in [5.74, 6) is 1.03. The van der Waals surface area contributed by atoms with Crippen LogP contribution in [-0.4, -0.2) is 5.11 Å². The summed E-state index contributed by atoms with van der Waals surface area (Å²) in [7, 11) is 0. The van der Waals surface area contributed by atoms with Crippen LogP contribution in [0.2, 0.25) is 0 Å². The van der Waals surface area contributed by atoms with Crippen molar-refractivity contribution in [3.8, 4) is 0 Å². The second-order valence-electron chi connectivity index (χ2n) is 5.13. The van der Waals surface area contributed by atoms with Crippen molar-refractivity contribution in [3.63, 3.8) is 0 Å². The molecule has 3 aliphatic carbocycles. The van der Waals surface area contributed by atoms with E-state index in [4.69, 9.17) is 0 Å². The maximum Gasteiger partial charge on any atom is 0.111 e. The lowest BCUT2D eigenvalue weighted by atomic mass is 9.77. The monoisotopic (exact) mass is 214 g/mol. The maximum atomic E-state index is 9.37. The third-order valence-corrected chi connectivity index (χ3v) is 4.15. The second kappa shape index (κ2) is 3.65. The number of aliphatic hydroxyl groups excluding tert-OH is 1. The molecule has 1 N–H and O–H groups in total. The molecule has 0 aliphatic heterocycles. The lowest BCUT2D eigenvalue weighted by Crippen LogP contribution is -2.17. The van der Waals surface area contributed by atoms with Crippen molar-refractivity contribution in [3.05, 3.63) is 47.8 Å². The molecule has 1 heteroatoms. The fraction of sp³-hybridized carbons (Fsp3) is 0.467. The zero-order valence-electron chi connectivity index (χ0n) is 9.52. The van der Waals surface area contributed by atoms with Crippen molar-refractivity contribution in [2.75, 3.05) is 0 Å². The minimum absolute atomic E-state index is 0.407. The molecule has 0 amide bonds. The Labute approximate surface area is 96.9 Å². The van der Waals surface area contributed by atoms with Crippen LogP contribution in [0.3, 0.4) is 0 Å². The highest BCUT2D eigenvalue weighted by Gasteiger charge is 2.50. The summed E-state index contributed by atoms with van der Waals surface area (Å²) in [6, 6.07) is 0. The largest absolute Gasteiger partial charge is 0.508 e. The summed E-state index contributed by atoms with van der Waals surface area (Å²) >= 11 is 0. The summed E-state index contributed by atoms with van der Waals surface area (Å²) in [5, 5.41) is 9.37. The first-order valence-corrected chi connectivity index (χ1v) is 6.26. The summed E-state index contributed by atoms with van der Waals surface area (Å²) in [6.07, 6.45) is 19.1. The summed E-state index contributed by atoms with van der Waals surface area (Å²) in [5.41, 5.74) is 1.95. The quantitative estimate of drug-likeness (QED) is 0.735. The van der Waals surface area contributed by atoms with E-state index in [0.29, 0.717) is 17.1 Å². The Balaban J connectivity index is 1.82. The van der Waals surface area contributed by atoms with E-state index in [0.717, 1.165) is 6.42 Å². The van der Waals surface area contributed by atoms with Crippen molar-refractivity contribution in [2.24, 2.45) is 11.3 Å². The first kappa shape index (κ1) is 9.95. The molecule has 0 bridgehead atoms. The van der Waals surface area contributed by atoms with E-state index in [1.165, 1.54) is 25.7 Å². The summed E-state index contributed by atoms with van der Waals surface area (Å²) < 4.78 is 0. The van der Waals surface area contributed by atoms with Crippen LogP contribution in [0, 0.1) is 11.3 Å². The van der Waals surface area contributed by atoms with Crippen LogP contribution in [0.5, 0.6) is 0 Å². The highest BCUT2D eigenvalue weighted by atomic mass is 16.3. The molecule has 0 aromatic carbocycles. The van der Waals surface area contributed by atoms with Crippen molar-refractivity contribution < 1.29 is 5.11 Å². The van der Waals surface area contributed by atoms with E-state index in [9.17, 15) is 5.11 Å². The Bertz CT molecular complexity index is 405. The highest BCUT2D eigenvalue weighted by molar-refractivity contribution is 5.38. The van der Waals surface area contributed by atoms with Gasteiger partial charge in [-0.2, -0.15) is 0 Å². The maximum absolute atomic E-state index is 9.37. The summed E-state index contributed by atoms with van der Waals surface area (Å²) in [4.78, 5) is 0. The van der Waals surface area contributed by atoms with E-state index in [1.54, 1.807) is 5.57 Å². The molecular formula is C15H18O. The van der Waals surface area contributed by atoms with Gasteiger partial charge in [0.25, 0.3) is 0 Å². The predicted octanol–water partition coefficient (Wildman–Crippen LogP) is 4.06. The molecule has 0 aromatic heterocycles. The molecule has 0 aromatic rings. The average molecular weight is 214 g/mol. The van der Waals surface area contributed by atoms with Gasteiger partial charge in [0.15, 0.2) is 0 Å². The number of aliphatic hydroxyl groups is 1. The average Bonchev–Trinajstić information content (AvgIpc) is 3.13. The van der Waals surface area contributed by atoms with Gasteiger partial charge in [-0.1, -0.05) is 24.3 Å². The topological polar surface area (TPSA) is 20.2 Å². The van der Waals surface area contributed by atoms with Crippen LogP contribution in [0.4, 0.5) is 0 Å². The van der Waals surface area contributed by atoms with Crippen LogP contribution >= 0.6 is 0 Å². The molecule has 1 nitrogen and oxygen atoms in total. The van der Waals surface area contributed by atoms with Crippen molar-refractivity contribution in [1.82, 2.24) is 0 Å². The Morgan fingerprint density at radius 2 is 2.00 bits per heavy atom. The molecule has 1 saturated carbocycles. The Kier molecular flexibility index (Phi) is 2.27. The minimum atomic E-state index is 0.407.